The molecule has 0 amide bonds. The van der Waals surface area contributed by atoms with E-state index in [2.05, 4.69) is 24.5 Å². The zero-order valence-electron chi connectivity index (χ0n) is 11.4. The molecule has 1 aliphatic rings. The lowest BCUT2D eigenvalue weighted by Crippen LogP contribution is -2.22. The lowest BCUT2D eigenvalue weighted by atomic mass is 10.1. The lowest BCUT2D eigenvalue weighted by Gasteiger charge is -2.19. The van der Waals surface area contributed by atoms with E-state index in [0.717, 1.165) is 42.1 Å². The Labute approximate surface area is 113 Å². The second-order valence-corrected chi connectivity index (χ2v) is 5.90. The van der Waals surface area contributed by atoms with Crippen molar-refractivity contribution in [3.05, 3.63) is 36.0 Å². The SMILES string of the molecule is CC1(C)CCC(Cn2ccc3c(C=O)cccc32)O1. The molecule has 1 atom stereocenters. The Hall–Kier alpha value is -1.61. The van der Waals surface area contributed by atoms with Crippen LogP contribution in [0.3, 0.4) is 0 Å². The van der Waals surface area contributed by atoms with E-state index in [4.69, 9.17) is 4.74 Å². The molecule has 19 heavy (non-hydrogen) atoms. The second-order valence-electron chi connectivity index (χ2n) is 5.90. The van der Waals surface area contributed by atoms with Crippen LogP contribution >= 0.6 is 0 Å². The number of carbonyl (C=O) groups excluding carboxylic acids is 1. The molecule has 0 spiro atoms. The standard InChI is InChI=1S/C16H19NO2/c1-16(2)8-6-13(19-16)10-17-9-7-14-12(11-18)4-3-5-15(14)17/h3-5,7,9,11,13H,6,8,10H2,1-2H3. The van der Waals surface area contributed by atoms with Gasteiger partial charge in [-0.2, -0.15) is 0 Å². The van der Waals surface area contributed by atoms with Crippen molar-refractivity contribution in [2.75, 3.05) is 0 Å². The summed E-state index contributed by atoms with van der Waals surface area (Å²) in [5.74, 6) is 0. The van der Waals surface area contributed by atoms with Crippen LogP contribution in [0.1, 0.15) is 37.0 Å². The maximum Gasteiger partial charge on any atom is 0.150 e. The summed E-state index contributed by atoms with van der Waals surface area (Å²) >= 11 is 0. The van der Waals surface area contributed by atoms with Gasteiger partial charge < -0.3 is 9.30 Å². The summed E-state index contributed by atoms with van der Waals surface area (Å²) in [5, 5.41) is 1.02. The van der Waals surface area contributed by atoms with Crippen molar-refractivity contribution in [3.8, 4) is 0 Å². The molecule has 1 saturated heterocycles. The Kier molecular flexibility index (Phi) is 2.94. The molecule has 0 N–H and O–H groups in total. The van der Waals surface area contributed by atoms with Crippen molar-refractivity contribution in [1.82, 2.24) is 4.57 Å². The van der Waals surface area contributed by atoms with E-state index in [1.807, 2.05) is 24.4 Å². The van der Waals surface area contributed by atoms with Crippen LogP contribution in [0.5, 0.6) is 0 Å². The normalized spacial score (nSPS) is 21.9. The first kappa shape index (κ1) is 12.4. The first-order chi connectivity index (χ1) is 9.09. The van der Waals surface area contributed by atoms with E-state index in [1.165, 1.54) is 0 Å². The van der Waals surface area contributed by atoms with E-state index in [9.17, 15) is 4.79 Å². The summed E-state index contributed by atoms with van der Waals surface area (Å²) in [7, 11) is 0. The smallest absolute Gasteiger partial charge is 0.150 e. The highest BCUT2D eigenvalue weighted by Gasteiger charge is 2.31. The quantitative estimate of drug-likeness (QED) is 0.789. The van der Waals surface area contributed by atoms with Gasteiger partial charge in [-0.15, -0.1) is 0 Å². The van der Waals surface area contributed by atoms with Gasteiger partial charge in [-0.3, -0.25) is 4.79 Å². The number of hydrogen-bond donors (Lipinski definition) is 0. The Bertz CT molecular complexity index is 612. The minimum Gasteiger partial charge on any atom is -0.370 e. The van der Waals surface area contributed by atoms with E-state index in [0.29, 0.717) is 0 Å². The van der Waals surface area contributed by atoms with Crippen molar-refractivity contribution in [3.63, 3.8) is 0 Å². The molecule has 0 aliphatic carbocycles. The summed E-state index contributed by atoms with van der Waals surface area (Å²) in [6, 6.07) is 7.86. The highest BCUT2D eigenvalue weighted by molar-refractivity contribution is 5.97. The predicted octanol–water partition coefficient (Wildman–Crippen LogP) is 3.41. The third-order valence-corrected chi connectivity index (χ3v) is 3.93. The van der Waals surface area contributed by atoms with Crippen LogP contribution in [-0.2, 0) is 11.3 Å². The summed E-state index contributed by atoms with van der Waals surface area (Å²) in [4.78, 5) is 11.0. The van der Waals surface area contributed by atoms with Crippen LogP contribution in [0.15, 0.2) is 30.5 Å². The molecule has 2 heterocycles. The molecule has 2 aromatic rings. The van der Waals surface area contributed by atoms with Crippen molar-refractivity contribution >= 4 is 17.2 Å². The number of hydrogen-bond acceptors (Lipinski definition) is 2. The van der Waals surface area contributed by atoms with Gasteiger partial charge in [0.05, 0.1) is 11.7 Å². The predicted molar refractivity (Wildman–Crippen MR) is 75.5 cm³/mol. The fraction of sp³-hybridized carbons (Fsp3) is 0.438. The zero-order valence-corrected chi connectivity index (χ0v) is 11.4. The maximum absolute atomic E-state index is 11.0. The number of ether oxygens (including phenoxy) is 1. The van der Waals surface area contributed by atoms with Gasteiger partial charge >= 0.3 is 0 Å². The van der Waals surface area contributed by atoms with E-state index in [-0.39, 0.29) is 11.7 Å². The zero-order chi connectivity index (χ0) is 13.5. The van der Waals surface area contributed by atoms with Crippen molar-refractivity contribution in [2.24, 2.45) is 0 Å². The molecule has 3 heteroatoms. The number of aldehydes is 1. The highest BCUT2D eigenvalue weighted by atomic mass is 16.5. The van der Waals surface area contributed by atoms with Crippen LogP contribution in [0.25, 0.3) is 10.9 Å². The molecule has 1 aliphatic heterocycles. The molecule has 1 aromatic carbocycles. The van der Waals surface area contributed by atoms with E-state index in [1.54, 1.807) is 0 Å². The summed E-state index contributed by atoms with van der Waals surface area (Å²) in [6.07, 6.45) is 5.44. The molecule has 0 radical (unpaired) electrons. The monoisotopic (exact) mass is 257 g/mol. The maximum atomic E-state index is 11.0. The summed E-state index contributed by atoms with van der Waals surface area (Å²) in [5.41, 5.74) is 1.86. The fourth-order valence-corrected chi connectivity index (χ4v) is 2.93. The summed E-state index contributed by atoms with van der Waals surface area (Å²) in [6.45, 7) is 5.14. The van der Waals surface area contributed by atoms with Crippen molar-refractivity contribution in [2.45, 2.75) is 44.9 Å². The number of carbonyl (C=O) groups is 1. The van der Waals surface area contributed by atoms with Gasteiger partial charge in [0.15, 0.2) is 6.29 Å². The van der Waals surface area contributed by atoms with Gasteiger partial charge in [-0.25, -0.2) is 0 Å². The second kappa shape index (κ2) is 4.49. The van der Waals surface area contributed by atoms with Gasteiger partial charge in [-0.1, -0.05) is 12.1 Å². The fourth-order valence-electron chi connectivity index (χ4n) is 2.93. The van der Waals surface area contributed by atoms with Gasteiger partial charge in [0, 0.05) is 29.2 Å². The largest absolute Gasteiger partial charge is 0.370 e. The topological polar surface area (TPSA) is 31.2 Å². The van der Waals surface area contributed by atoms with Gasteiger partial charge in [0.25, 0.3) is 0 Å². The van der Waals surface area contributed by atoms with Crippen molar-refractivity contribution < 1.29 is 9.53 Å². The number of benzene rings is 1. The molecular formula is C16H19NO2. The van der Waals surface area contributed by atoms with Gasteiger partial charge in [-0.05, 0) is 38.8 Å². The molecule has 100 valence electrons. The molecule has 0 saturated carbocycles. The van der Waals surface area contributed by atoms with Crippen LogP contribution in [-0.4, -0.2) is 22.6 Å². The molecule has 1 fully saturated rings. The molecular weight excluding hydrogens is 238 g/mol. The third kappa shape index (κ3) is 2.30. The van der Waals surface area contributed by atoms with Crippen LogP contribution in [0.2, 0.25) is 0 Å². The minimum absolute atomic E-state index is 0.00157. The number of nitrogens with zero attached hydrogens (tertiary/aromatic N) is 1. The van der Waals surface area contributed by atoms with Crippen LogP contribution in [0.4, 0.5) is 0 Å². The summed E-state index contributed by atoms with van der Waals surface area (Å²) < 4.78 is 8.23. The van der Waals surface area contributed by atoms with E-state index >= 15 is 0 Å². The highest BCUT2D eigenvalue weighted by Crippen LogP contribution is 2.31. The average molecular weight is 257 g/mol. The van der Waals surface area contributed by atoms with Crippen LogP contribution < -0.4 is 0 Å². The first-order valence-corrected chi connectivity index (χ1v) is 6.80. The Balaban J connectivity index is 1.88. The number of rotatable bonds is 3. The minimum atomic E-state index is 0.00157. The Morgan fingerprint density at radius 3 is 2.95 bits per heavy atom. The van der Waals surface area contributed by atoms with E-state index < -0.39 is 0 Å². The number of aromatic nitrogens is 1. The van der Waals surface area contributed by atoms with Crippen LogP contribution in [0, 0.1) is 0 Å². The molecule has 1 aromatic heterocycles. The molecule has 3 rings (SSSR count). The first-order valence-electron chi connectivity index (χ1n) is 6.80. The Morgan fingerprint density at radius 1 is 1.42 bits per heavy atom. The Morgan fingerprint density at radius 2 is 2.26 bits per heavy atom. The third-order valence-electron chi connectivity index (χ3n) is 3.93. The van der Waals surface area contributed by atoms with Gasteiger partial charge in [0.1, 0.15) is 0 Å². The lowest BCUT2D eigenvalue weighted by molar-refractivity contribution is -0.0212. The molecule has 1 unspecified atom stereocenters. The van der Waals surface area contributed by atoms with Gasteiger partial charge in [0.2, 0.25) is 0 Å². The molecule has 0 bridgehead atoms. The van der Waals surface area contributed by atoms with Crippen molar-refractivity contribution in [1.29, 1.82) is 0 Å². The molecule has 3 nitrogen and oxygen atoms in total. The average Bonchev–Trinajstić information content (AvgIpc) is 2.93. The number of fused-ring (bicyclic) bond motifs is 1.